The third-order valence-electron chi connectivity index (χ3n) is 12.0. The van der Waals surface area contributed by atoms with Crippen LogP contribution in [-0.2, 0) is 9.59 Å². The number of allylic oxidation sites excluding steroid dienone is 1. The standard InChI is InChI=1S/C30H48O5/c1-17(2)22(31)10-8-18(26(34)35)21-16-25(33)30(7)20-9-11-23-27(3,4)24(32)13-14-28(23,5)19(20)12-15-29(21,30)6/h17-18,21,23-25,32-33H,8-16H2,1-7H3,(H,34,35)/t18-,21-,23+,24+,25+,28-,29-,30-/m1/s1. The molecule has 3 N–H and O–H groups in total. The molecule has 0 radical (unpaired) electrons. The average Bonchev–Trinajstić information content (AvgIpc) is 2.98. The number of aliphatic carboxylic acids is 1. The van der Waals surface area contributed by atoms with Crippen molar-refractivity contribution in [1.29, 1.82) is 0 Å². The lowest BCUT2D eigenvalue weighted by molar-refractivity contribution is -0.147. The molecule has 2 saturated carbocycles. The van der Waals surface area contributed by atoms with Crippen molar-refractivity contribution in [2.24, 2.45) is 45.3 Å². The molecule has 0 bridgehead atoms. The Morgan fingerprint density at radius 3 is 2.20 bits per heavy atom. The Kier molecular flexibility index (Phi) is 6.66. The third kappa shape index (κ3) is 3.69. The van der Waals surface area contributed by atoms with Crippen LogP contribution in [0.3, 0.4) is 0 Å². The van der Waals surface area contributed by atoms with Gasteiger partial charge in [0.15, 0.2) is 0 Å². The van der Waals surface area contributed by atoms with Crippen LogP contribution in [-0.4, -0.2) is 39.3 Å². The second kappa shape index (κ2) is 8.68. The average molecular weight is 489 g/mol. The summed E-state index contributed by atoms with van der Waals surface area (Å²) in [6.07, 6.45) is 5.81. The quantitative estimate of drug-likeness (QED) is 0.412. The van der Waals surface area contributed by atoms with E-state index in [4.69, 9.17) is 0 Å². The molecule has 0 spiro atoms. The Morgan fingerprint density at radius 1 is 0.943 bits per heavy atom. The number of carboxylic acids is 1. The SMILES string of the molecule is CC(C)C(=O)CC[C@@H](C(=O)O)[C@H]1C[C@H](O)[C@@]2(C)C3=C(CC[C@]12C)[C@@]1(C)CC[C@H](O)C(C)(C)[C@@H]1CC3. The van der Waals surface area contributed by atoms with E-state index in [1.54, 1.807) is 0 Å². The van der Waals surface area contributed by atoms with Crippen LogP contribution in [0.1, 0.15) is 106 Å². The van der Waals surface area contributed by atoms with Crippen LogP contribution in [0.15, 0.2) is 11.1 Å². The van der Waals surface area contributed by atoms with E-state index in [-0.39, 0.29) is 40.0 Å². The Balaban J connectivity index is 1.72. The summed E-state index contributed by atoms with van der Waals surface area (Å²) in [7, 11) is 0. The number of carbonyl (C=O) groups excluding carboxylic acids is 1. The van der Waals surface area contributed by atoms with E-state index in [2.05, 4.69) is 34.6 Å². The first kappa shape index (κ1) is 26.9. The number of ketones is 1. The lowest BCUT2D eigenvalue weighted by atomic mass is 9.43. The molecular weight excluding hydrogens is 440 g/mol. The highest BCUT2D eigenvalue weighted by molar-refractivity contribution is 5.81. The van der Waals surface area contributed by atoms with Crippen molar-refractivity contribution in [3.63, 3.8) is 0 Å². The van der Waals surface area contributed by atoms with Gasteiger partial charge >= 0.3 is 5.97 Å². The van der Waals surface area contributed by atoms with Crippen molar-refractivity contribution in [2.75, 3.05) is 0 Å². The highest BCUT2D eigenvalue weighted by Gasteiger charge is 2.67. The fourth-order valence-electron chi connectivity index (χ4n) is 9.45. The number of rotatable bonds is 6. The summed E-state index contributed by atoms with van der Waals surface area (Å²) >= 11 is 0. The van der Waals surface area contributed by atoms with Crippen molar-refractivity contribution >= 4 is 11.8 Å². The van der Waals surface area contributed by atoms with Gasteiger partial charge in [-0.1, -0.05) is 59.6 Å². The van der Waals surface area contributed by atoms with Gasteiger partial charge in [-0.05, 0) is 79.4 Å². The molecule has 0 amide bonds. The zero-order valence-electron chi connectivity index (χ0n) is 23.0. The summed E-state index contributed by atoms with van der Waals surface area (Å²) in [4.78, 5) is 24.8. The Bertz CT molecular complexity index is 918. The van der Waals surface area contributed by atoms with Crippen molar-refractivity contribution in [3.8, 4) is 0 Å². The van der Waals surface area contributed by atoms with Gasteiger partial charge in [0.2, 0.25) is 0 Å². The van der Waals surface area contributed by atoms with Crippen molar-refractivity contribution in [3.05, 3.63) is 11.1 Å². The molecule has 0 aromatic rings. The molecule has 35 heavy (non-hydrogen) atoms. The monoisotopic (exact) mass is 488 g/mol. The number of fused-ring (bicyclic) bond motifs is 4. The Labute approximate surface area is 211 Å². The van der Waals surface area contributed by atoms with Gasteiger partial charge in [0.25, 0.3) is 0 Å². The molecule has 0 unspecified atom stereocenters. The van der Waals surface area contributed by atoms with E-state index >= 15 is 0 Å². The summed E-state index contributed by atoms with van der Waals surface area (Å²) < 4.78 is 0. The highest BCUT2D eigenvalue weighted by atomic mass is 16.4. The molecule has 4 rings (SSSR count). The number of aliphatic hydroxyl groups is 2. The molecule has 8 atom stereocenters. The Hall–Kier alpha value is -1.20. The highest BCUT2D eigenvalue weighted by Crippen LogP contribution is 2.72. The van der Waals surface area contributed by atoms with E-state index in [9.17, 15) is 24.9 Å². The van der Waals surface area contributed by atoms with Crippen LogP contribution in [0, 0.1) is 45.3 Å². The minimum atomic E-state index is -0.831. The fourth-order valence-corrected chi connectivity index (χ4v) is 9.45. The molecule has 0 aliphatic heterocycles. The maximum Gasteiger partial charge on any atom is 0.306 e. The zero-order chi connectivity index (χ0) is 26.1. The van der Waals surface area contributed by atoms with E-state index in [1.807, 2.05) is 13.8 Å². The summed E-state index contributed by atoms with van der Waals surface area (Å²) in [5.41, 5.74) is 2.00. The second-order valence-corrected chi connectivity index (χ2v) is 13.9. The minimum absolute atomic E-state index is 0.0222. The first-order valence-corrected chi connectivity index (χ1v) is 14.0. The lowest BCUT2D eigenvalue weighted by Gasteiger charge is -2.62. The van der Waals surface area contributed by atoms with Crippen LogP contribution in [0.2, 0.25) is 0 Å². The summed E-state index contributed by atoms with van der Waals surface area (Å²) in [5, 5.41) is 32.7. The number of Topliss-reactive ketones (excluding diaryl/α,β-unsaturated/α-hetero) is 1. The summed E-state index contributed by atoms with van der Waals surface area (Å²) in [6, 6.07) is 0. The fraction of sp³-hybridized carbons (Fsp3) is 0.867. The van der Waals surface area contributed by atoms with Crippen molar-refractivity contribution in [1.82, 2.24) is 0 Å². The van der Waals surface area contributed by atoms with Gasteiger partial charge in [-0.3, -0.25) is 9.59 Å². The topological polar surface area (TPSA) is 94.8 Å². The molecule has 4 aliphatic rings. The summed E-state index contributed by atoms with van der Waals surface area (Å²) in [6.45, 7) is 15.0. The van der Waals surface area contributed by atoms with Crippen LogP contribution < -0.4 is 0 Å². The van der Waals surface area contributed by atoms with Crippen molar-refractivity contribution < 1.29 is 24.9 Å². The maximum absolute atomic E-state index is 12.5. The molecule has 5 nitrogen and oxygen atoms in total. The van der Waals surface area contributed by atoms with E-state index in [1.165, 1.54) is 11.1 Å². The molecule has 4 aliphatic carbocycles. The number of aliphatic hydroxyl groups excluding tert-OH is 2. The molecule has 2 fully saturated rings. The lowest BCUT2D eigenvalue weighted by Crippen LogP contribution is -2.56. The first-order valence-electron chi connectivity index (χ1n) is 14.0. The second-order valence-electron chi connectivity index (χ2n) is 13.9. The van der Waals surface area contributed by atoms with Crippen LogP contribution in [0.25, 0.3) is 0 Å². The predicted molar refractivity (Wildman–Crippen MR) is 137 cm³/mol. The van der Waals surface area contributed by atoms with Gasteiger partial charge in [-0.25, -0.2) is 0 Å². The van der Waals surface area contributed by atoms with E-state index in [0.717, 1.165) is 38.5 Å². The van der Waals surface area contributed by atoms with E-state index < -0.39 is 23.4 Å². The Morgan fingerprint density at radius 2 is 1.60 bits per heavy atom. The van der Waals surface area contributed by atoms with Crippen LogP contribution >= 0.6 is 0 Å². The smallest absolute Gasteiger partial charge is 0.306 e. The van der Waals surface area contributed by atoms with Gasteiger partial charge < -0.3 is 15.3 Å². The number of hydrogen-bond acceptors (Lipinski definition) is 4. The normalized spacial score (nSPS) is 43.4. The number of carbonyl (C=O) groups is 2. The molecular formula is C30H48O5. The molecule has 0 aromatic heterocycles. The largest absolute Gasteiger partial charge is 0.481 e. The van der Waals surface area contributed by atoms with Crippen LogP contribution in [0.4, 0.5) is 0 Å². The van der Waals surface area contributed by atoms with Crippen LogP contribution in [0.5, 0.6) is 0 Å². The molecule has 198 valence electrons. The molecule has 0 aromatic carbocycles. The first-order chi connectivity index (χ1) is 16.1. The van der Waals surface area contributed by atoms with Gasteiger partial charge in [-0.15, -0.1) is 0 Å². The zero-order valence-corrected chi connectivity index (χ0v) is 23.0. The van der Waals surface area contributed by atoms with Gasteiger partial charge in [0.05, 0.1) is 18.1 Å². The number of hydrogen-bond donors (Lipinski definition) is 3. The number of carboxylic acid groups (broad SMARTS) is 1. The predicted octanol–water partition coefficient (Wildman–Crippen LogP) is 5.77. The summed E-state index contributed by atoms with van der Waals surface area (Å²) in [5.74, 6) is -1.15. The van der Waals surface area contributed by atoms with Crippen molar-refractivity contribution in [2.45, 2.75) is 118 Å². The maximum atomic E-state index is 12.5. The molecule has 0 heterocycles. The third-order valence-corrected chi connectivity index (χ3v) is 12.0. The minimum Gasteiger partial charge on any atom is -0.481 e. The van der Waals surface area contributed by atoms with Gasteiger partial charge in [-0.2, -0.15) is 0 Å². The van der Waals surface area contributed by atoms with Gasteiger partial charge in [0, 0.05) is 17.8 Å². The van der Waals surface area contributed by atoms with E-state index in [0.29, 0.717) is 25.2 Å². The molecule has 0 saturated heterocycles. The molecule has 5 heteroatoms. The van der Waals surface area contributed by atoms with Gasteiger partial charge in [0.1, 0.15) is 5.78 Å².